The molecule has 4 nitrogen and oxygen atoms in total. The molecule has 3 rings (SSSR count). The molecule has 0 aliphatic carbocycles. The molecule has 2 heterocycles. The molecule has 0 saturated heterocycles. The van der Waals surface area contributed by atoms with Crippen LogP contribution in [-0.2, 0) is 6.54 Å². The van der Waals surface area contributed by atoms with Gasteiger partial charge in [-0.1, -0.05) is 36.4 Å². The Bertz CT molecular complexity index is 845. The highest BCUT2D eigenvalue weighted by Gasteiger charge is 2.11. The van der Waals surface area contributed by atoms with E-state index >= 15 is 0 Å². The summed E-state index contributed by atoms with van der Waals surface area (Å²) in [6.07, 6.45) is 3.41. The third-order valence-corrected chi connectivity index (χ3v) is 3.38. The van der Waals surface area contributed by atoms with Gasteiger partial charge in [-0.15, -0.1) is 0 Å². The normalized spacial score (nSPS) is 11.6. The van der Waals surface area contributed by atoms with Gasteiger partial charge < -0.3 is 8.98 Å². The predicted molar refractivity (Wildman–Crippen MR) is 83.3 cm³/mol. The predicted octanol–water partition coefficient (Wildman–Crippen LogP) is 3.18. The van der Waals surface area contributed by atoms with Crippen molar-refractivity contribution >= 4 is 5.91 Å². The minimum atomic E-state index is -0.365. The fourth-order valence-electron chi connectivity index (χ4n) is 2.23. The number of furan rings is 1. The van der Waals surface area contributed by atoms with Crippen LogP contribution in [0.2, 0.25) is 0 Å². The second-order valence-electron chi connectivity index (χ2n) is 5.02. The van der Waals surface area contributed by atoms with E-state index in [9.17, 15) is 4.79 Å². The molecule has 110 valence electrons. The summed E-state index contributed by atoms with van der Waals surface area (Å²) in [4.78, 5) is 16.4. The molecule has 22 heavy (non-hydrogen) atoms. The first-order chi connectivity index (χ1) is 10.7. The lowest BCUT2D eigenvalue weighted by molar-refractivity contribution is 0.0970. The van der Waals surface area contributed by atoms with Crippen molar-refractivity contribution in [1.82, 2.24) is 4.57 Å². The SMILES string of the molecule is Cc1ccoc1C(=O)N=c1ccccn1Cc1ccccc1. The highest BCUT2D eigenvalue weighted by Crippen LogP contribution is 2.09. The molecule has 0 aliphatic heterocycles. The lowest BCUT2D eigenvalue weighted by atomic mass is 10.2. The van der Waals surface area contributed by atoms with Crippen LogP contribution in [0.15, 0.2) is 76.5 Å². The summed E-state index contributed by atoms with van der Waals surface area (Å²) in [7, 11) is 0. The van der Waals surface area contributed by atoms with Crippen LogP contribution < -0.4 is 5.49 Å². The number of amides is 1. The van der Waals surface area contributed by atoms with Gasteiger partial charge in [-0.2, -0.15) is 4.99 Å². The van der Waals surface area contributed by atoms with Gasteiger partial charge in [0.05, 0.1) is 6.26 Å². The van der Waals surface area contributed by atoms with Gasteiger partial charge in [0.25, 0.3) is 0 Å². The Kier molecular flexibility index (Phi) is 4.01. The first kappa shape index (κ1) is 14.1. The van der Waals surface area contributed by atoms with Gasteiger partial charge in [0, 0.05) is 18.3 Å². The average molecular weight is 292 g/mol. The van der Waals surface area contributed by atoms with E-state index in [0.29, 0.717) is 12.0 Å². The monoisotopic (exact) mass is 292 g/mol. The molecule has 0 unspecified atom stereocenters. The van der Waals surface area contributed by atoms with Crippen molar-refractivity contribution < 1.29 is 9.21 Å². The molecule has 4 heteroatoms. The Morgan fingerprint density at radius 1 is 1.09 bits per heavy atom. The summed E-state index contributed by atoms with van der Waals surface area (Å²) >= 11 is 0. The van der Waals surface area contributed by atoms with Crippen LogP contribution in [0, 0.1) is 6.92 Å². The Morgan fingerprint density at radius 2 is 1.86 bits per heavy atom. The van der Waals surface area contributed by atoms with Crippen molar-refractivity contribution in [2.75, 3.05) is 0 Å². The summed E-state index contributed by atoms with van der Waals surface area (Å²) < 4.78 is 7.14. The topological polar surface area (TPSA) is 47.5 Å². The number of rotatable bonds is 3. The van der Waals surface area contributed by atoms with E-state index in [4.69, 9.17) is 4.42 Å². The number of carbonyl (C=O) groups excluding carboxylic acids is 1. The van der Waals surface area contributed by atoms with E-state index in [1.54, 1.807) is 6.07 Å². The van der Waals surface area contributed by atoms with Gasteiger partial charge >= 0.3 is 5.91 Å². The number of nitrogens with zero attached hydrogens (tertiary/aromatic N) is 2. The quantitative estimate of drug-likeness (QED) is 0.744. The van der Waals surface area contributed by atoms with Gasteiger partial charge in [0.15, 0.2) is 5.76 Å². The zero-order valence-corrected chi connectivity index (χ0v) is 12.3. The third-order valence-electron chi connectivity index (χ3n) is 3.38. The Balaban J connectivity index is 1.96. The fraction of sp³-hybridized carbons (Fsp3) is 0.111. The standard InChI is InChI=1S/C18H16N2O2/c1-14-10-12-22-17(14)18(21)19-16-9-5-6-11-20(16)13-15-7-3-2-4-8-15/h2-12H,13H2,1H3. The van der Waals surface area contributed by atoms with E-state index < -0.39 is 0 Å². The lowest BCUT2D eigenvalue weighted by Crippen LogP contribution is -2.22. The second-order valence-corrected chi connectivity index (χ2v) is 5.02. The number of carbonyl (C=O) groups is 1. The van der Waals surface area contributed by atoms with Crippen LogP contribution in [0.5, 0.6) is 0 Å². The molecule has 0 bridgehead atoms. The maximum atomic E-state index is 12.2. The number of hydrogen-bond acceptors (Lipinski definition) is 2. The van der Waals surface area contributed by atoms with Gasteiger partial charge in [-0.25, -0.2) is 0 Å². The van der Waals surface area contributed by atoms with E-state index in [1.807, 2.05) is 66.2 Å². The zero-order chi connectivity index (χ0) is 15.4. The molecule has 0 N–H and O–H groups in total. The highest BCUT2D eigenvalue weighted by atomic mass is 16.3. The van der Waals surface area contributed by atoms with Crippen molar-refractivity contribution in [3.05, 3.63) is 89.4 Å². The summed E-state index contributed by atoms with van der Waals surface area (Å²) in [6, 6.07) is 17.4. The third kappa shape index (κ3) is 3.06. The highest BCUT2D eigenvalue weighted by molar-refractivity contribution is 5.93. The first-order valence-corrected chi connectivity index (χ1v) is 7.06. The lowest BCUT2D eigenvalue weighted by Gasteiger charge is -2.07. The van der Waals surface area contributed by atoms with Crippen molar-refractivity contribution in [3.8, 4) is 0 Å². The molecule has 0 atom stereocenters. The minimum Gasteiger partial charge on any atom is -0.459 e. The molecular formula is C18H16N2O2. The van der Waals surface area contributed by atoms with Crippen LogP contribution >= 0.6 is 0 Å². The van der Waals surface area contributed by atoms with E-state index in [0.717, 1.165) is 11.1 Å². The minimum absolute atomic E-state index is 0.287. The smallest absolute Gasteiger partial charge is 0.314 e. The number of hydrogen-bond donors (Lipinski definition) is 0. The first-order valence-electron chi connectivity index (χ1n) is 7.06. The molecule has 2 aromatic heterocycles. The van der Waals surface area contributed by atoms with E-state index in [1.165, 1.54) is 6.26 Å². The Labute approximate surface area is 128 Å². The van der Waals surface area contributed by atoms with Crippen LogP contribution in [0.4, 0.5) is 0 Å². The summed E-state index contributed by atoms with van der Waals surface area (Å²) in [5.41, 5.74) is 2.54. The van der Waals surface area contributed by atoms with Crippen molar-refractivity contribution in [3.63, 3.8) is 0 Å². The summed E-state index contributed by atoms with van der Waals surface area (Å²) in [5, 5.41) is 0. The second kappa shape index (κ2) is 6.26. The Hall–Kier alpha value is -2.88. The molecule has 1 amide bonds. The van der Waals surface area contributed by atoms with Gasteiger partial charge in [-0.3, -0.25) is 4.79 Å². The number of aryl methyl sites for hydroxylation is 1. The van der Waals surface area contributed by atoms with E-state index in [2.05, 4.69) is 4.99 Å². The van der Waals surface area contributed by atoms with Crippen molar-refractivity contribution in [2.24, 2.45) is 4.99 Å². The van der Waals surface area contributed by atoms with Crippen molar-refractivity contribution in [2.45, 2.75) is 13.5 Å². The number of benzene rings is 1. The number of pyridine rings is 1. The van der Waals surface area contributed by atoms with Crippen LogP contribution in [0.25, 0.3) is 0 Å². The largest absolute Gasteiger partial charge is 0.459 e. The average Bonchev–Trinajstić information content (AvgIpc) is 2.96. The Morgan fingerprint density at radius 3 is 2.59 bits per heavy atom. The van der Waals surface area contributed by atoms with Gasteiger partial charge in [0.1, 0.15) is 5.49 Å². The van der Waals surface area contributed by atoms with E-state index in [-0.39, 0.29) is 11.7 Å². The number of aromatic nitrogens is 1. The van der Waals surface area contributed by atoms with Gasteiger partial charge in [0.2, 0.25) is 0 Å². The zero-order valence-electron chi connectivity index (χ0n) is 12.3. The van der Waals surface area contributed by atoms with Crippen molar-refractivity contribution in [1.29, 1.82) is 0 Å². The summed E-state index contributed by atoms with van der Waals surface area (Å²) in [6.45, 7) is 2.49. The maximum absolute atomic E-state index is 12.2. The molecule has 0 saturated carbocycles. The fourth-order valence-corrected chi connectivity index (χ4v) is 2.23. The molecule has 1 aromatic carbocycles. The molecule has 0 spiro atoms. The van der Waals surface area contributed by atoms with Crippen LogP contribution in [0.1, 0.15) is 21.7 Å². The van der Waals surface area contributed by atoms with Gasteiger partial charge in [-0.05, 0) is 30.7 Å². The molecule has 0 radical (unpaired) electrons. The maximum Gasteiger partial charge on any atom is 0.314 e. The summed E-state index contributed by atoms with van der Waals surface area (Å²) in [5.74, 6) is -0.0781. The molecular weight excluding hydrogens is 276 g/mol. The molecule has 3 aromatic rings. The molecule has 0 fully saturated rings. The molecule has 0 aliphatic rings. The van der Waals surface area contributed by atoms with Crippen LogP contribution in [-0.4, -0.2) is 10.5 Å². The van der Waals surface area contributed by atoms with Crippen LogP contribution in [0.3, 0.4) is 0 Å².